The molecular formula is C47H88NO7+. The number of carbonyl (C=O) groups is 3. The van der Waals surface area contributed by atoms with Crippen molar-refractivity contribution in [3.8, 4) is 0 Å². The Morgan fingerprint density at radius 1 is 0.527 bits per heavy atom. The van der Waals surface area contributed by atoms with Gasteiger partial charge in [-0.25, -0.2) is 4.79 Å². The van der Waals surface area contributed by atoms with E-state index < -0.39 is 18.1 Å². The third-order valence-electron chi connectivity index (χ3n) is 10.3. The van der Waals surface area contributed by atoms with Gasteiger partial charge in [0.2, 0.25) is 0 Å². The second-order valence-electron chi connectivity index (χ2n) is 16.7. The van der Waals surface area contributed by atoms with Crippen molar-refractivity contribution in [3.05, 3.63) is 24.3 Å². The lowest BCUT2D eigenvalue weighted by molar-refractivity contribution is -0.887. The van der Waals surface area contributed by atoms with Gasteiger partial charge in [-0.05, 0) is 57.8 Å². The molecule has 0 rings (SSSR count). The Labute approximate surface area is 339 Å². The fourth-order valence-corrected chi connectivity index (χ4v) is 6.71. The monoisotopic (exact) mass is 779 g/mol. The fourth-order valence-electron chi connectivity index (χ4n) is 6.71. The average molecular weight is 779 g/mol. The van der Waals surface area contributed by atoms with Gasteiger partial charge in [-0.15, -0.1) is 0 Å². The highest BCUT2D eigenvalue weighted by Gasteiger charge is 2.31. The molecule has 0 fully saturated rings. The number of nitrogens with zero attached hydrogens (tertiary/aromatic N) is 1. The van der Waals surface area contributed by atoms with Crippen molar-refractivity contribution in [1.82, 2.24) is 0 Å². The maximum atomic E-state index is 12.7. The van der Waals surface area contributed by atoms with E-state index in [0.29, 0.717) is 19.3 Å². The van der Waals surface area contributed by atoms with Crippen LogP contribution in [-0.2, 0) is 28.6 Å². The molecule has 0 radical (unpaired) electrons. The molecule has 0 aliphatic carbocycles. The van der Waals surface area contributed by atoms with E-state index in [-0.39, 0.29) is 36.2 Å². The van der Waals surface area contributed by atoms with Crippen LogP contribution in [-0.4, -0.2) is 80.6 Å². The minimum atomic E-state index is -0.876. The molecule has 0 aromatic heterocycles. The molecule has 8 heteroatoms. The Kier molecular flexibility index (Phi) is 37.1. The van der Waals surface area contributed by atoms with Crippen LogP contribution in [0.25, 0.3) is 0 Å². The largest absolute Gasteiger partial charge is 0.477 e. The second kappa shape index (κ2) is 38.7. The number of allylic oxidation sites excluding steroid dienone is 4. The Bertz CT molecular complexity index is 957. The summed E-state index contributed by atoms with van der Waals surface area (Å²) in [5, 5.41) is 9.61. The van der Waals surface area contributed by atoms with E-state index in [9.17, 15) is 19.5 Å². The van der Waals surface area contributed by atoms with Crippen LogP contribution in [0.3, 0.4) is 0 Å². The van der Waals surface area contributed by atoms with Crippen molar-refractivity contribution in [2.24, 2.45) is 0 Å². The first-order valence-corrected chi connectivity index (χ1v) is 22.9. The fraction of sp³-hybridized carbons (Fsp3) is 0.851. The summed E-state index contributed by atoms with van der Waals surface area (Å²) in [6.07, 6.45) is 42.2. The third-order valence-corrected chi connectivity index (χ3v) is 10.3. The van der Waals surface area contributed by atoms with Gasteiger partial charge in [0.25, 0.3) is 0 Å². The molecule has 0 saturated heterocycles. The minimum absolute atomic E-state index is 0.0539. The maximum absolute atomic E-state index is 12.7. The van der Waals surface area contributed by atoms with Crippen LogP contribution >= 0.6 is 0 Å². The highest BCUT2D eigenvalue weighted by Crippen LogP contribution is 2.14. The van der Waals surface area contributed by atoms with Gasteiger partial charge < -0.3 is 23.8 Å². The molecule has 322 valence electrons. The molecule has 2 atom stereocenters. The Hall–Kier alpha value is -2.19. The van der Waals surface area contributed by atoms with E-state index in [1.165, 1.54) is 122 Å². The highest BCUT2D eigenvalue weighted by atomic mass is 16.6. The van der Waals surface area contributed by atoms with Gasteiger partial charge in [0.1, 0.15) is 6.61 Å². The lowest BCUT2D eigenvalue weighted by Gasteiger charge is -2.31. The van der Waals surface area contributed by atoms with Gasteiger partial charge in [0, 0.05) is 19.3 Å². The number of hydrogen-bond donors (Lipinski definition) is 1. The van der Waals surface area contributed by atoms with Crippen LogP contribution in [0.2, 0.25) is 0 Å². The van der Waals surface area contributed by atoms with Gasteiger partial charge in [-0.2, -0.15) is 0 Å². The van der Waals surface area contributed by atoms with E-state index in [4.69, 9.17) is 14.2 Å². The molecule has 1 N–H and O–H groups in total. The van der Waals surface area contributed by atoms with Crippen molar-refractivity contribution in [2.75, 3.05) is 41.0 Å². The van der Waals surface area contributed by atoms with Crippen LogP contribution in [0.1, 0.15) is 206 Å². The van der Waals surface area contributed by atoms with Crippen LogP contribution < -0.4 is 0 Å². The Balaban J connectivity index is 4.24. The van der Waals surface area contributed by atoms with Crippen LogP contribution in [0, 0.1) is 0 Å². The molecule has 0 bridgehead atoms. The number of hydrogen-bond acceptors (Lipinski definition) is 6. The molecule has 0 saturated carbocycles. The molecular weight excluding hydrogens is 691 g/mol. The summed E-state index contributed by atoms with van der Waals surface area (Å²) >= 11 is 0. The predicted octanol–water partition coefficient (Wildman–Crippen LogP) is 12.5. The molecule has 0 aliphatic heterocycles. The zero-order valence-corrected chi connectivity index (χ0v) is 36.6. The molecule has 8 nitrogen and oxygen atoms in total. The van der Waals surface area contributed by atoms with Crippen LogP contribution in [0.5, 0.6) is 0 Å². The average Bonchev–Trinajstić information content (AvgIpc) is 3.14. The molecule has 0 aliphatic rings. The number of ether oxygens (including phenoxy) is 3. The van der Waals surface area contributed by atoms with Crippen molar-refractivity contribution < 1.29 is 38.2 Å². The maximum Gasteiger partial charge on any atom is 0.362 e. The normalized spacial score (nSPS) is 13.1. The molecule has 55 heavy (non-hydrogen) atoms. The molecule has 0 heterocycles. The van der Waals surface area contributed by atoms with Gasteiger partial charge in [-0.3, -0.25) is 9.59 Å². The summed E-state index contributed by atoms with van der Waals surface area (Å²) in [6, 6.07) is -0.614. The summed E-state index contributed by atoms with van der Waals surface area (Å²) in [7, 11) is 5.52. The Morgan fingerprint density at radius 2 is 0.927 bits per heavy atom. The van der Waals surface area contributed by atoms with E-state index in [0.717, 1.165) is 51.4 Å². The quantitative estimate of drug-likeness (QED) is 0.0285. The third kappa shape index (κ3) is 37.2. The lowest BCUT2D eigenvalue weighted by atomic mass is 10.1. The van der Waals surface area contributed by atoms with Crippen LogP contribution in [0.15, 0.2) is 24.3 Å². The molecule has 0 aromatic rings. The van der Waals surface area contributed by atoms with E-state index in [1.54, 1.807) is 0 Å². The number of likely N-dealkylation sites (N-methyl/N-ethyl adjacent to an activating group) is 1. The second-order valence-corrected chi connectivity index (χ2v) is 16.7. The summed E-state index contributed by atoms with van der Waals surface area (Å²) in [5.74, 6) is -1.48. The van der Waals surface area contributed by atoms with Gasteiger partial charge in [-0.1, -0.05) is 154 Å². The summed E-state index contributed by atoms with van der Waals surface area (Å²) in [5.41, 5.74) is 0. The standard InChI is InChI=1S/C47H87NO7/c1-6-8-10-12-14-16-18-19-20-21-22-23-24-25-26-28-29-31-33-35-37-45(49)54-42-43(41-53-40-39-44(47(51)52)48(3,4)5)55-46(50)38-36-34-32-30-27-17-15-13-11-9-7-2/h13,15,22-23,43-44H,6-12,14,16-21,24-42H2,1-5H3/p+1/b15-13+,23-22+. The number of carboxylic acid groups (broad SMARTS) is 1. The van der Waals surface area contributed by atoms with Crippen molar-refractivity contribution >= 4 is 17.9 Å². The number of carbonyl (C=O) groups excluding carboxylic acids is 2. The van der Waals surface area contributed by atoms with Gasteiger partial charge in [0.15, 0.2) is 12.1 Å². The lowest BCUT2D eigenvalue weighted by Crippen LogP contribution is -2.50. The number of unbranched alkanes of at least 4 members (excludes halogenated alkanes) is 23. The number of aliphatic carboxylic acids is 1. The minimum Gasteiger partial charge on any atom is -0.477 e. The summed E-state index contributed by atoms with van der Waals surface area (Å²) in [4.78, 5) is 36.9. The molecule has 2 unspecified atom stereocenters. The van der Waals surface area contributed by atoms with Crippen molar-refractivity contribution in [2.45, 2.75) is 219 Å². The predicted molar refractivity (Wildman–Crippen MR) is 229 cm³/mol. The number of esters is 2. The van der Waals surface area contributed by atoms with E-state index in [1.807, 2.05) is 21.1 Å². The number of quaternary nitrogens is 1. The van der Waals surface area contributed by atoms with Gasteiger partial charge in [0.05, 0.1) is 34.4 Å². The Morgan fingerprint density at radius 3 is 1.36 bits per heavy atom. The molecule has 0 amide bonds. The van der Waals surface area contributed by atoms with Gasteiger partial charge >= 0.3 is 17.9 Å². The summed E-state index contributed by atoms with van der Waals surface area (Å²) < 4.78 is 17.3. The summed E-state index contributed by atoms with van der Waals surface area (Å²) in [6.45, 7) is 4.70. The first-order chi connectivity index (χ1) is 26.6. The van der Waals surface area contributed by atoms with Crippen molar-refractivity contribution in [3.63, 3.8) is 0 Å². The zero-order chi connectivity index (χ0) is 40.7. The van der Waals surface area contributed by atoms with Crippen LogP contribution in [0.4, 0.5) is 0 Å². The van der Waals surface area contributed by atoms with Crippen molar-refractivity contribution in [1.29, 1.82) is 0 Å². The van der Waals surface area contributed by atoms with E-state index in [2.05, 4.69) is 38.2 Å². The SMILES string of the molecule is CCCC/C=C/CCCCCCCC(=O)OC(COCCC(C(=O)O)[N+](C)(C)C)COC(=O)CCCCCCCCC/C=C/CCCCCCCCCCC. The first-order valence-electron chi connectivity index (χ1n) is 22.9. The highest BCUT2D eigenvalue weighted by molar-refractivity contribution is 5.72. The smallest absolute Gasteiger partial charge is 0.362 e. The molecule has 0 spiro atoms. The molecule has 0 aromatic carbocycles. The zero-order valence-electron chi connectivity index (χ0n) is 36.6. The number of carboxylic acids is 1. The first kappa shape index (κ1) is 52.8. The van der Waals surface area contributed by atoms with E-state index >= 15 is 0 Å². The topological polar surface area (TPSA) is 99.1 Å². The number of rotatable bonds is 41.